The Bertz CT molecular complexity index is 1110. The molecular weight excluding hydrogens is 424 g/mol. The number of ether oxygens (including phenoxy) is 3. The fraction of sp³-hybridized carbons (Fsp3) is 0.190. The Morgan fingerprint density at radius 2 is 1.93 bits per heavy atom. The highest BCUT2D eigenvalue weighted by atomic mass is 32.1. The van der Waals surface area contributed by atoms with E-state index in [1.54, 1.807) is 40.9 Å². The van der Waals surface area contributed by atoms with Crippen molar-refractivity contribution in [1.82, 2.24) is 5.01 Å². The second-order valence-corrected chi connectivity index (χ2v) is 8.57. The quantitative estimate of drug-likeness (QED) is 0.559. The van der Waals surface area contributed by atoms with Crippen LogP contribution >= 0.6 is 22.7 Å². The molecule has 5 rings (SSSR count). The number of hydrogen-bond donors (Lipinski definition) is 0. The highest BCUT2D eigenvalue weighted by Gasteiger charge is 2.34. The summed E-state index contributed by atoms with van der Waals surface area (Å²) in [5, 5.41) is 9.95. The van der Waals surface area contributed by atoms with E-state index >= 15 is 0 Å². The minimum atomic E-state index is -0.601. The molecule has 1 atom stereocenters. The molecule has 1 aromatic carbocycles. The molecule has 30 heavy (non-hydrogen) atoms. The van der Waals surface area contributed by atoms with Gasteiger partial charge in [-0.15, -0.1) is 22.7 Å². The number of esters is 1. The molecule has 2 aliphatic heterocycles. The standard InChI is InChI=1S/C21H16N2O5S2/c24-20(11-26-21(25)13-5-6-16-17(9-13)28-12-27-16)23-15(19-4-2-8-30-19)10-14(22-23)18-3-1-7-29-18/h1-9,15H,10-12H2/t15-/m1/s1. The largest absolute Gasteiger partial charge is 0.454 e. The van der Waals surface area contributed by atoms with Gasteiger partial charge in [0.05, 0.1) is 22.2 Å². The van der Waals surface area contributed by atoms with E-state index in [2.05, 4.69) is 5.10 Å². The third-order valence-electron chi connectivity index (χ3n) is 4.78. The van der Waals surface area contributed by atoms with Crippen molar-refractivity contribution in [3.05, 3.63) is 68.5 Å². The number of carbonyl (C=O) groups excluding carboxylic acids is 2. The lowest BCUT2D eigenvalue weighted by Gasteiger charge is -2.20. The van der Waals surface area contributed by atoms with Gasteiger partial charge in [0.2, 0.25) is 6.79 Å². The lowest BCUT2D eigenvalue weighted by atomic mass is 10.1. The highest BCUT2D eigenvalue weighted by Crippen LogP contribution is 2.36. The number of nitrogens with zero attached hydrogens (tertiary/aromatic N) is 2. The minimum Gasteiger partial charge on any atom is -0.454 e. The first-order valence-corrected chi connectivity index (χ1v) is 11.0. The second kappa shape index (κ2) is 7.92. The van der Waals surface area contributed by atoms with Crippen LogP contribution in [-0.2, 0) is 9.53 Å². The van der Waals surface area contributed by atoms with E-state index in [0.717, 1.165) is 15.5 Å². The smallest absolute Gasteiger partial charge is 0.338 e. The molecule has 7 nitrogen and oxygen atoms in total. The van der Waals surface area contributed by atoms with Crippen molar-refractivity contribution in [1.29, 1.82) is 0 Å². The van der Waals surface area contributed by atoms with Crippen LogP contribution in [0.2, 0.25) is 0 Å². The third kappa shape index (κ3) is 3.57. The predicted molar refractivity (Wildman–Crippen MR) is 112 cm³/mol. The van der Waals surface area contributed by atoms with Crippen LogP contribution in [0.5, 0.6) is 11.5 Å². The average Bonchev–Trinajstić information content (AvgIpc) is 3.56. The van der Waals surface area contributed by atoms with Crippen LogP contribution in [0.4, 0.5) is 0 Å². The number of hydrogen-bond acceptors (Lipinski definition) is 8. The summed E-state index contributed by atoms with van der Waals surface area (Å²) in [6, 6.07) is 12.5. The SMILES string of the molecule is O=C(OCC(=O)N1N=C(c2cccs2)C[C@@H]1c1cccs1)c1ccc2c(c1)OCO2. The van der Waals surface area contributed by atoms with Gasteiger partial charge < -0.3 is 14.2 Å². The molecule has 2 aliphatic rings. The van der Waals surface area contributed by atoms with Crippen LogP contribution in [-0.4, -0.2) is 36.0 Å². The molecule has 0 spiro atoms. The molecule has 0 bridgehead atoms. The van der Waals surface area contributed by atoms with Gasteiger partial charge in [-0.05, 0) is 41.1 Å². The summed E-state index contributed by atoms with van der Waals surface area (Å²) >= 11 is 3.16. The summed E-state index contributed by atoms with van der Waals surface area (Å²) in [7, 11) is 0. The zero-order valence-electron chi connectivity index (χ0n) is 15.6. The summed E-state index contributed by atoms with van der Waals surface area (Å²) in [6.45, 7) is -0.271. The van der Waals surface area contributed by atoms with Crippen molar-refractivity contribution in [2.45, 2.75) is 12.5 Å². The van der Waals surface area contributed by atoms with E-state index in [1.807, 2.05) is 35.0 Å². The molecule has 1 amide bonds. The van der Waals surface area contributed by atoms with Crippen molar-refractivity contribution in [2.75, 3.05) is 13.4 Å². The molecule has 9 heteroatoms. The molecule has 0 aliphatic carbocycles. The van der Waals surface area contributed by atoms with E-state index in [1.165, 1.54) is 5.01 Å². The van der Waals surface area contributed by atoms with Gasteiger partial charge in [0, 0.05) is 11.3 Å². The summed E-state index contributed by atoms with van der Waals surface area (Å²) in [5.74, 6) is 0.0947. The fourth-order valence-corrected chi connectivity index (χ4v) is 4.87. The minimum absolute atomic E-state index is 0.121. The van der Waals surface area contributed by atoms with Gasteiger partial charge in [0.25, 0.3) is 5.91 Å². The van der Waals surface area contributed by atoms with Gasteiger partial charge >= 0.3 is 5.97 Å². The van der Waals surface area contributed by atoms with Crippen LogP contribution in [0.15, 0.2) is 58.3 Å². The summed E-state index contributed by atoms with van der Waals surface area (Å²) in [4.78, 5) is 27.4. The Morgan fingerprint density at radius 1 is 1.10 bits per heavy atom. The Balaban J connectivity index is 1.30. The van der Waals surface area contributed by atoms with Crippen molar-refractivity contribution in [3.8, 4) is 11.5 Å². The molecule has 0 unspecified atom stereocenters. The lowest BCUT2D eigenvalue weighted by Crippen LogP contribution is -2.31. The van der Waals surface area contributed by atoms with E-state index < -0.39 is 12.6 Å². The van der Waals surface area contributed by atoms with E-state index in [0.29, 0.717) is 23.5 Å². The first kappa shape index (κ1) is 18.8. The number of carbonyl (C=O) groups is 2. The number of fused-ring (bicyclic) bond motifs is 1. The fourth-order valence-electron chi connectivity index (χ4n) is 3.33. The molecule has 0 saturated heterocycles. The molecule has 0 saturated carbocycles. The zero-order valence-corrected chi connectivity index (χ0v) is 17.3. The van der Waals surface area contributed by atoms with Gasteiger partial charge in [-0.3, -0.25) is 4.79 Å². The highest BCUT2D eigenvalue weighted by molar-refractivity contribution is 7.12. The normalized spacial score (nSPS) is 17.1. The van der Waals surface area contributed by atoms with Crippen molar-refractivity contribution in [2.24, 2.45) is 5.10 Å². The molecule has 4 heterocycles. The molecule has 2 aromatic heterocycles. The molecule has 0 N–H and O–H groups in total. The van der Waals surface area contributed by atoms with E-state index in [9.17, 15) is 9.59 Å². The van der Waals surface area contributed by atoms with Gasteiger partial charge in [0.1, 0.15) is 0 Å². The first-order chi connectivity index (χ1) is 14.7. The maximum absolute atomic E-state index is 12.9. The van der Waals surface area contributed by atoms with Gasteiger partial charge in [-0.2, -0.15) is 5.10 Å². The molecule has 3 aromatic rings. The number of amides is 1. The van der Waals surface area contributed by atoms with Gasteiger partial charge in [-0.1, -0.05) is 12.1 Å². The van der Waals surface area contributed by atoms with Gasteiger partial charge in [0.15, 0.2) is 18.1 Å². The first-order valence-electron chi connectivity index (χ1n) is 9.22. The maximum atomic E-state index is 12.9. The predicted octanol–water partition coefficient (Wildman–Crippen LogP) is 4.07. The lowest BCUT2D eigenvalue weighted by molar-refractivity contribution is -0.136. The Hall–Kier alpha value is -3.17. The summed E-state index contributed by atoms with van der Waals surface area (Å²) in [6.07, 6.45) is 0.628. The van der Waals surface area contributed by atoms with Crippen LogP contribution in [0.3, 0.4) is 0 Å². The molecular formula is C21H16N2O5S2. The zero-order chi connectivity index (χ0) is 20.5. The van der Waals surface area contributed by atoms with E-state index in [-0.39, 0.29) is 18.7 Å². The maximum Gasteiger partial charge on any atom is 0.338 e. The number of thiophene rings is 2. The number of hydrazone groups is 1. The van der Waals surface area contributed by atoms with Crippen LogP contribution in [0.25, 0.3) is 0 Å². The van der Waals surface area contributed by atoms with Crippen molar-refractivity contribution >= 4 is 40.3 Å². The topological polar surface area (TPSA) is 77.4 Å². The second-order valence-electron chi connectivity index (χ2n) is 6.64. The van der Waals surface area contributed by atoms with Gasteiger partial charge in [-0.25, -0.2) is 9.80 Å². The monoisotopic (exact) mass is 440 g/mol. The van der Waals surface area contributed by atoms with Crippen LogP contribution < -0.4 is 9.47 Å². The van der Waals surface area contributed by atoms with E-state index in [4.69, 9.17) is 14.2 Å². The third-order valence-corrected chi connectivity index (χ3v) is 6.67. The summed E-state index contributed by atoms with van der Waals surface area (Å²) in [5.41, 5.74) is 1.16. The Kier molecular flexibility index (Phi) is 4.97. The van der Waals surface area contributed by atoms with Crippen LogP contribution in [0.1, 0.15) is 32.6 Å². The van der Waals surface area contributed by atoms with Crippen LogP contribution in [0, 0.1) is 0 Å². The molecule has 152 valence electrons. The molecule has 0 radical (unpaired) electrons. The Labute approximate surface area is 180 Å². The van der Waals surface area contributed by atoms with Crippen molar-refractivity contribution in [3.63, 3.8) is 0 Å². The molecule has 0 fully saturated rings. The number of benzene rings is 1. The van der Waals surface area contributed by atoms with Crippen molar-refractivity contribution < 1.29 is 23.8 Å². The Morgan fingerprint density at radius 3 is 2.73 bits per heavy atom. The average molecular weight is 441 g/mol. The summed E-state index contributed by atoms with van der Waals surface area (Å²) < 4.78 is 15.8. The number of rotatable bonds is 5.